The molecule has 0 aromatic heterocycles. The van der Waals surface area contributed by atoms with Crippen molar-refractivity contribution >= 4 is 27.8 Å². The van der Waals surface area contributed by atoms with Gasteiger partial charge in [0.2, 0.25) is 0 Å². The highest BCUT2D eigenvalue weighted by Gasteiger charge is 2.61. The van der Waals surface area contributed by atoms with Crippen LogP contribution in [0.3, 0.4) is 0 Å². The number of hydrogen-bond acceptors (Lipinski definition) is 2. The predicted molar refractivity (Wildman–Crippen MR) is 224 cm³/mol. The molecule has 6 aromatic carbocycles. The van der Waals surface area contributed by atoms with Gasteiger partial charge in [0.1, 0.15) is 5.75 Å². The largest absolute Gasteiger partial charge is 0.455 e. The minimum atomic E-state index is -0.00508. The first kappa shape index (κ1) is 32.6. The molecule has 54 heavy (non-hydrogen) atoms. The van der Waals surface area contributed by atoms with Crippen LogP contribution in [0, 0.1) is 23.7 Å². The van der Waals surface area contributed by atoms with Crippen LogP contribution in [0.2, 0.25) is 0 Å². The van der Waals surface area contributed by atoms with Crippen LogP contribution in [0.1, 0.15) is 94.9 Å². The van der Waals surface area contributed by atoms with E-state index in [2.05, 4.69) is 160 Å². The Labute approximate surface area is 321 Å². The second-order valence-corrected chi connectivity index (χ2v) is 18.8. The van der Waals surface area contributed by atoms with Crippen molar-refractivity contribution in [2.45, 2.75) is 88.9 Å². The quantitative estimate of drug-likeness (QED) is 0.181. The molecule has 0 unspecified atom stereocenters. The molecule has 0 saturated heterocycles. The summed E-state index contributed by atoms with van der Waals surface area (Å²) in [5, 5.41) is 2.56. The molecule has 2 heteroatoms. The molecule has 6 aliphatic rings. The van der Waals surface area contributed by atoms with Gasteiger partial charge in [-0.25, -0.2) is 0 Å². The number of anilines is 3. The molecule has 5 aliphatic carbocycles. The van der Waals surface area contributed by atoms with Crippen LogP contribution in [0.4, 0.5) is 17.1 Å². The van der Waals surface area contributed by atoms with Crippen LogP contribution in [-0.2, 0) is 16.2 Å². The topological polar surface area (TPSA) is 12.5 Å². The van der Waals surface area contributed by atoms with Crippen molar-refractivity contribution in [3.05, 3.63) is 150 Å². The zero-order valence-corrected chi connectivity index (χ0v) is 32.2. The van der Waals surface area contributed by atoms with Gasteiger partial charge >= 0.3 is 0 Å². The van der Waals surface area contributed by atoms with Crippen LogP contribution >= 0.6 is 0 Å². The molecule has 0 atom stereocenters. The average Bonchev–Trinajstić information content (AvgIpc) is 3.18. The number of hydrogen-bond donors (Lipinski definition) is 0. The summed E-state index contributed by atoms with van der Waals surface area (Å²) < 4.78 is 7.30. The van der Waals surface area contributed by atoms with Gasteiger partial charge in [0.25, 0.3) is 0 Å². The molecule has 2 nitrogen and oxygen atoms in total. The number of nitrogens with zero attached hydrogens (tertiary/aromatic N) is 1. The molecule has 1 aliphatic heterocycles. The number of ether oxygens (including phenoxy) is 1. The molecular formula is C52H51NO. The van der Waals surface area contributed by atoms with Gasteiger partial charge in [0.05, 0.1) is 11.4 Å². The van der Waals surface area contributed by atoms with Gasteiger partial charge in [-0.3, -0.25) is 0 Å². The zero-order valence-electron chi connectivity index (χ0n) is 32.2. The summed E-state index contributed by atoms with van der Waals surface area (Å²) in [5.41, 5.74) is 12.0. The maximum atomic E-state index is 7.30. The molecule has 6 aromatic rings. The van der Waals surface area contributed by atoms with Gasteiger partial charge in [-0.1, -0.05) is 125 Å². The van der Waals surface area contributed by atoms with Crippen molar-refractivity contribution in [2.24, 2.45) is 23.7 Å². The van der Waals surface area contributed by atoms with Crippen molar-refractivity contribution in [3.63, 3.8) is 0 Å². The van der Waals surface area contributed by atoms with Crippen molar-refractivity contribution in [1.29, 1.82) is 0 Å². The van der Waals surface area contributed by atoms with E-state index in [9.17, 15) is 0 Å². The fraction of sp³-hybridized carbons (Fsp3) is 0.346. The lowest BCUT2D eigenvalue weighted by Gasteiger charge is -2.63. The number of fused-ring (bicyclic) bond motifs is 4. The Balaban J connectivity index is 1.15. The van der Waals surface area contributed by atoms with Crippen molar-refractivity contribution in [2.75, 3.05) is 4.90 Å². The van der Waals surface area contributed by atoms with E-state index in [1.165, 1.54) is 94.1 Å². The average molecular weight is 706 g/mol. The Hall–Kier alpha value is -4.82. The molecular weight excluding hydrogens is 655 g/mol. The third-order valence-corrected chi connectivity index (χ3v) is 14.9. The van der Waals surface area contributed by atoms with E-state index in [1.54, 1.807) is 0 Å². The SMILES string of the molecule is CC1(C)CCC(C)(C)c2c(N(c3ccc(-c4cccc5ccccc45)cc3)c3cccc4c3Oc3ccccc3C43C4CC5CC(C4)CC3C5)cccc21. The van der Waals surface area contributed by atoms with Crippen molar-refractivity contribution in [1.82, 2.24) is 0 Å². The maximum Gasteiger partial charge on any atom is 0.155 e. The first-order valence-electron chi connectivity index (χ1n) is 20.7. The standard InChI is InChI=1S/C52H51NO/c1-50(2)26-27-51(3,4)48-43(50)17-10-19-45(48)53(39-24-22-36(23-25-39)41-15-9-13-35-12-5-6-14-40(35)41)46-20-11-18-44-49(46)54-47-21-8-7-16-42(47)52(44)37-29-33-28-34(31-37)32-38(52)30-33/h5-25,33-34,37-38H,26-32H2,1-4H3. The molecule has 4 bridgehead atoms. The molecule has 0 radical (unpaired) electrons. The summed E-state index contributed by atoms with van der Waals surface area (Å²) in [6.07, 6.45) is 9.18. The smallest absolute Gasteiger partial charge is 0.155 e. The summed E-state index contributed by atoms with van der Waals surface area (Å²) in [6, 6.07) is 48.1. The normalized spacial score (nSPS) is 26.5. The van der Waals surface area contributed by atoms with Crippen LogP contribution in [0.25, 0.3) is 21.9 Å². The van der Waals surface area contributed by atoms with Crippen molar-refractivity contribution < 1.29 is 4.74 Å². The fourth-order valence-corrected chi connectivity index (χ4v) is 12.7. The van der Waals surface area contributed by atoms with Gasteiger partial charge in [-0.2, -0.15) is 0 Å². The van der Waals surface area contributed by atoms with Gasteiger partial charge in [-0.05, 0) is 143 Å². The molecule has 12 rings (SSSR count). The summed E-state index contributed by atoms with van der Waals surface area (Å²) in [5.74, 6) is 5.21. The number of para-hydroxylation sites is 2. The van der Waals surface area contributed by atoms with Crippen molar-refractivity contribution in [3.8, 4) is 22.6 Å². The van der Waals surface area contributed by atoms with Crippen LogP contribution < -0.4 is 9.64 Å². The Morgan fingerprint density at radius 1 is 0.537 bits per heavy atom. The monoisotopic (exact) mass is 705 g/mol. The predicted octanol–water partition coefficient (Wildman–Crippen LogP) is 14.2. The van der Waals surface area contributed by atoms with Gasteiger partial charge in [-0.15, -0.1) is 0 Å². The minimum absolute atomic E-state index is 0.00508. The second kappa shape index (κ2) is 11.6. The highest BCUT2D eigenvalue weighted by molar-refractivity contribution is 5.97. The van der Waals surface area contributed by atoms with Crippen LogP contribution in [-0.4, -0.2) is 0 Å². The fourth-order valence-electron chi connectivity index (χ4n) is 12.7. The third kappa shape index (κ3) is 4.58. The van der Waals surface area contributed by atoms with E-state index in [-0.39, 0.29) is 16.2 Å². The molecule has 0 amide bonds. The lowest BCUT2D eigenvalue weighted by Crippen LogP contribution is -2.57. The number of benzene rings is 6. The third-order valence-electron chi connectivity index (χ3n) is 14.9. The molecule has 1 heterocycles. The number of rotatable bonds is 4. The highest BCUT2D eigenvalue weighted by atomic mass is 16.5. The lowest BCUT2D eigenvalue weighted by molar-refractivity contribution is -0.0451. The maximum absolute atomic E-state index is 7.30. The van der Waals surface area contributed by atoms with E-state index in [1.807, 2.05) is 0 Å². The van der Waals surface area contributed by atoms with Crippen LogP contribution in [0.5, 0.6) is 11.5 Å². The molecule has 4 fully saturated rings. The van der Waals surface area contributed by atoms with E-state index in [0.717, 1.165) is 35.4 Å². The van der Waals surface area contributed by atoms with E-state index in [4.69, 9.17) is 4.74 Å². The Bertz CT molecular complexity index is 2420. The first-order valence-corrected chi connectivity index (χ1v) is 20.7. The van der Waals surface area contributed by atoms with Crippen LogP contribution in [0.15, 0.2) is 127 Å². The Morgan fingerprint density at radius 2 is 1.15 bits per heavy atom. The van der Waals surface area contributed by atoms with E-state index < -0.39 is 0 Å². The van der Waals surface area contributed by atoms with Gasteiger partial charge < -0.3 is 9.64 Å². The Kier molecular flexibility index (Phi) is 7.00. The summed E-state index contributed by atoms with van der Waals surface area (Å²) >= 11 is 0. The second-order valence-electron chi connectivity index (χ2n) is 18.8. The van der Waals surface area contributed by atoms with E-state index in [0.29, 0.717) is 11.8 Å². The zero-order chi connectivity index (χ0) is 36.4. The minimum Gasteiger partial charge on any atom is -0.455 e. The van der Waals surface area contributed by atoms with Gasteiger partial charge in [0.15, 0.2) is 5.75 Å². The molecule has 270 valence electrons. The molecule has 0 N–H and O–H groups in total. The van der Waals surface area contributed by atoms with E-state index >= 15 is 0 Å². The summed E-state index contributed by atoms with van der Waals surface area (Å²) in [6.45, 7) is 9.80. The highest BCUT2D eigenvalue weighted by Crippen LogP contribution is 2.70. The lowest BCUT2D eigenvalue weighted by atomic mass is 9.42. The summed E-state index contributed by atoms with van der Waals surface area (Å²) in [4.78, 5) is 2.57. The molecule has 4 saturated carbocycles. The summed E-state index contributed by atoms with van der Waals surface area (Å²) in [7, 11) is 0. The molecule has 1 spiro atoms. The van der Waals surface area contributed by atoms with Gasteiger partial charge in [0, 0.05) is 22.2 Å². The Morgan fingerprint density at radius 3 is 1.93 bits per heavy atom. The first-order chi connectivity index (χ1) is 26.2.